The van der Waals surface area contributed by atoms with Gasteiger partial charge in [-0.1, -0.05) is 72.5 Å². The summed E-state index contributed by atoms with van der Waals surface area (Å²) in [7, 11) is 1.76. The molecule has 8 nitrogen and oxygen atoms in total. The number of alkyl halides is 1. The van der Waals surface area contributed by atoms with Gasteiger partial charge in [-0.25, -0.2) is 5.10 Å². The number of aromatic nitrogens is 4. The standard InChI is InChI=1S/C21H24ClN7O/c1-16(10-9-15-22)23-28-29(2)21(17-11-5-3-6-12-17,18-13-7-4-8-14-18)19(30)20-24-26-27-25-20/h3-8,11-14,19,30H,1,9-10,15H2,2H3,(H,24,25,26,27)/b28-23-. The molecule has 0 amide bonds. The smallest absolute Gasteiger partial charge is 0.180 e. The highest BCUT2D eigenvalue weighted by molar-refractivity contribution is 6.17. The molecule has 30 heavy (non-hydrogen) atoms. The molecule has 1 atom stereocenters. The van der Waals surface area contributed by atoms with Crippen molar-refractivity contribution in [3.63, 3.8) is 0 Å². The Bertz CT molecular complexity index is 909. The van der Waals surface area contributed by atoms with Gasteiger partial charge >= 0.3 is 0 Å². The molecule has 0 aliphatic carbocycles. The SMILES string of the molecule is C=C(CCCCl)/N=N\N(C)C(c1ccccc1)(c1ccccc1)C(O)c1nnn[nH]1. The molecule has 9 heteroatoms. The molecule has 1 heterocycles. The molecular weight excluding hydrogens is 402 g/mol. The maximum absolute atomic E-state index is 11.5. The summed E-state index contributed by atoms with van der Waals surface area (Å²) in [6, 6.07) is 19.1. The summed E-state index contributed by atoms with van der Waals surface area (Å²) in [6.07, 6.45) is 0.231. The number of likely N-dealkylation sites (N-methyl/N-ethyl adjacent to an activating group) is 1. The number of rotatable bonds is 10. The average molecular weight is 426 g/mol. The van der Waals surface area contributed by atoms with Crippen LogP contribution in [0.3, 0.4) is 0 Å². The monoisotopic (exact) mass is 425 g/mol. The number of hydrogen-bond donors (Lipinski definition) is 2. The Morgan fingerprint density at radius 2 is 1.77 bits per heavy atom. The van der Waals surface area contributed by atoms with E-state index in [1.165, 1.54) is 0 Å². The van der Waals surface area contributed by atoms with Crippen molar-refractivity contribution in [2.24, 2.45) is 10.3 Å². The Labute approximate surface area is 180 Å². The van der Waals surface area contributed by atoms with Gasteiger partial charge in [0.25, 0.3) is 0 Å². The van der Waals surface area contributed by atoms with Gasteiger partial charge in [0.2, 0.25) is 0 Å². The minimum absolute atomic E-state index is 0.214. The molecule has 0 fully saturated rings. The predicted octanol–water partition coefficient (Wildman–Crippen LogP) is 4.01. The molecule has 0 saturated heterocycles. The largest absolute Gasteiger partial charge is 0.382 e. The second kappa shape index (κ2) is 10.1. The number of benzene rings is 2. The highest BCUT2D eigenvalue weighted by Crippen LogP contribution is 2.44. The van der Waals surface area contributed by atoms with Crippen LogP contribution < -0.4 is 0 Å². The van der Waals surface area contributed by atoms with Crippen LogP contribution in [0.2, 0.25) is 0 Å². The number of tetrazole rings is 1. The molecular formula is C21H24ClN7O. The lowest BCUT2D eigenvalue weighted by molar-refractivity contribution is -0.00665. The van der Waals surface area contributed by atoms with E-state index < -0.39 is 11.6 Å². The van der Waals surface area contributed by atoms with E-state index in [0.29, 0.717) is 18.0 Å². The highest BCUT2D eigenvalue weighted by Gasteiger charge is 2.48. The van der Waals surface area contributed by atoms with Crippen LogP contribution in [0, 0.1) is 0 Å². The molecule has 0 aliphatic heterocycles. The number of hydrogen-bond acceptors (Lipinski definition) is 6. The van der Waals surface area contributed by atoms with E-state index in [-0.39, 0.29) is 5.82 Å². The topological polar surface area (TPSA) is 103 Å². The molecule has 156 valence electrons. The Kier molecular flexibility index (Phi) is 7.26. The number of nitrogens with zero attached hydrogens (tertiary/aromatic N) is 6. The molecule has 0 spiro atoms. The van der Waals surface area contributed by atoms with Gasteiger partial charge in [0, 0.05) is 12.9 Å². The van der Waals surface area contributed by atoms with Crippen LogP contribution in [0.15, 0.2) is 83.3 Å². The molecule has 2 N–H and O–H groups in total. The summed E-state index contributed by atoms with van der Waals surface area (Å²) in [6.45, 7) is 3.94. The summed E-state index contributed by atoms with van der Waals surface area (Å²) in [5.74, 6) is 0.741. The second-order valence-electron chi connectivity index (χ2n) is 6.76. The predicted molar refractivity (Wildman–Crippen MR) is 115 cm³/mol. The summed E-state index contributed by atoms with van der Waals surface area (Å²) in [5.41, 5.74) is 1.05. The van der Waals surface area contributed by atoms with Crippen LogP contribution in [0.1, 0.15) is 35.9 Å². The molecule has 0 radical (unpaired) electrons. The Morgan fingerprint density at radius 1 is 1.17 bits per heavy atom. The fourth-order valence-corrected chi connectivity index (χ4v) is 3.55. The Balaban J connectivity index is 2.15. The number of nitrogens with one attached hydrogen (secondary N) is 1. The van der Waals surface area contributed by atoms with Crippen molar-refractivity contribution in [2.45, 2.75) is 24.5 Å². The third-order valence-corrected chi connectivity index (χ3v) is 5.14. The number of aliphatic hydroxyl groups excluding tert-OH is 1. The first-order chi connectivity index (χ1) is 14.6. The van der Waals surface area contributed by atoms with Gasteiger partial charge in [-0.3, -0.25) is 5.01 Å². The third-order valence-electron chi connectivity index (χ3n) is 4.87. The molecule has 0 aliphatic rings. The summed E-state index contributed by atoms with van der Waals surface area (Å²) in [4.78, 5) is 0. The Morgan fingerprint density at radius 3 is 2.27 bits per heavy atom. The van der Waals surface area contributed by atoms with Crippen LogP contribution in [0.5, 0.6) is 0 Å². The number of halogens is 1. The van der Waals surface area contributed by atoms with Gasteiger partial charge < -0.3 is 5.11 Å². The molecule has 0 saturated carbocycles. The number of allylic oxidation sites excluding steroid dienone is 1. The number of aliphatic hydroxyl groups is 1. The van der Waals surface area contributed by atoms with Crippen molar-refractivity contribution < 1.29 is 5.11 Å². The minimum atomic E-state index is -1.17. The van der Waals surface area contributed by atoms with Crippen LogP contribution in [0.25, 0.3) is 0 Å². The van der Waals surface area contributed by atoms with Gasteiger partial charge in [0.1, 0.15) is 11.6 Å². The first kappa shape index (κ1) is 21.6. The third kappa shape index (κ3) is 4.39. The van der Waals surface area contributed by atoms with E-state index >= 15 is 0 Å². The molecule has 2 aromatic carbocycles. The van der Waals surface area contributed by atoms with Crippen LogP contribution in [-0.2, 0) is 5.54 Å². The second-order valence-corrected chi connectivity index (χ2v) is 7.14. The van der Waals surface area contributed by atoms with E-state index in [4.69, 9.17) is 11.6 Å². The van der Waals surface area contributed by atoms with Crippen LogP contribution in [0.4, 0.5) is 0 Å². The van der Waals surface area contributed by atoms with Crippen molar-refractivity contribution in [1.82, 2.24) is 25.6 Å². The van der Waals surface area contributed by atoms with Crippen molar-refractivity contribution in [1.29, 1.82) is 0 Å². The summed E-state index contributed by atoms with van der Waals surface area (Å²) >= 11 is 5.76. The summed E-state index contributed by atoms with van der Waals surface area (Å²) < 4.78 is 0. The molecule has 0 bridgehead atoms. The van der Waals surface area contributed by atoms with Crippen molar-refractivity contribution in [2.75, 3.05) is 12.9 Å². The zero-order valence-corrected chi connectivity index (χ0v) is 17.4. The van der Waals surface area contributed by atoms with Crippen molar-refractivity contribution in [3.05, 3.63) is 89.9 Å². The first-order valence-electron chi connectivity index (χ1n) is 9.52. The number of aromatic amines is 1. The van der Waals surface area contributed by atoms with Crippen LogP contribution >= 0.6 is 11.6 Å². The minimum Gasteiger partial charge on any atom is -0.382 e. The Hall–Kier alpha value is -3.10. The maximum Gasteiger partial charge on any atom is 0.180 e. The lowest BCUT2D eigenvalue weighted by Crippen LogP contribution is -2.47. The fraction of sp³-hybridized carbons (Fsp3) is 0.286. The maximum atomic E-state index is 11.5. The van der Waals surface area contributed by atoms with E-state index in [1.807, 2.05) is 60.7 Å². The lowest BCUT2D eigenvalue weighted by atomic mass is 9.77. The average Bonchev–Trinajstić information content (AvgIpc) is 3.33. The molecule has 1 aromatic heterocycles. The first-order valence-corrected chi connectivity index (χ1v) is 10.1. The zero-order valence-electron chi connectivity index (χ0n) is 16.7. The summed E-state index contributed by atoms with van der Waals surface area (Å²) in [5, 5.41) is 35.7. The van der Waals surface area contributed by atoms with E-state index in [9.17, 15) is 5.11 Å². The quantitative estimate of drug-likeness (QED) is 0.290. The van der Waals surface area contributed by atoms with Crippen molar-refractivity contribution in [3.8, 4) is 0 Å². The van der Waals surface area contributed by atoms with Gasteiger partial charge in [0.15, 0.2) is 5.82 Å². The molecule has 3 aromatic rings. The van der Waals surface area contributed by atoms with E-state index in [0.717, 1.165) is 17.5 Å². The molecule has 3 rings (SSSR count). The molecule has 1 unspecified atom stereocenters. The van der Waals surface area contributed by atoms with Gasteiger partial charge in [-0.2, -0.15) is 0 Å². The highest BCUT2D eigenvalue weighted by atomic mass is 35.5. The van der Waals surface area contributed by atoms with Gasteiger partial charge in [-0.15, -0.1) is 21.8 Å². The van der Waals surface area contributed by atoms with Crippen molar-refractivity contribution >= 4 is 11.6 Å². The van der Waals surface area contributed by atoms with Gasteiger partial charge in [-0.05, 0) is 34.4 Å². The van der Waals surface area contributed by atoms with Gasteiger partial charge in [0.05, 0.1) is 5.70 Å². The lowest BCUT2D eigenvalue weighted by Gasteiger charge is -2.42. The van der Waals surface area contributed by atoms with E-state index in [2.05, 4.69) is 37.5 Å². The number of H-pyrrole nitrogens is 1. The fourth-order valence-electron chi connectivity index (χ4n) is 3.42. The van der Waals surface area contributed by atoms with E-state index in [1.54, 1.807) is 12.1 Å². The normalized spacial score (nSPS) is 12.8. The van der Waals surface area contributed by atoms with Crippen LogP contribution in [-0.4, -0.2) is 43.7 Å². The zero-order chi connectivity index (χ0) is 21.4.